The molecule has 0 aliphatic carbocycles. The van der Waals surface area contributed by atoms with Crippen LogP contribution >= 0.6 is 0 Å². The van der Waals surface area contributed by atoms with Gasteiger partial charge in [0, 0.05) is 119 Å². The van der Waals surface area contributed by atoms with Gasteiger partial charge in [-0.15, -0.1) is 0 Å². The fraction of sp³-hybridized carbons (Fsp3) is 0. The van der Waals surface area contributed by atoms with Crippen molar-refractivity contribution in [1.82, 2.24) is 0 Å². The van der Waals surface area contributed by atoms with Crippen LogP contribution < -0.4 is 0 Å². The van der Waals surface area contributed by atoms with Crippen LogP contribution in [0, 0.1) is 0 Å². The van der Waals surface area contributed by atoms with Crippen molar-refractivity contribution >= 4 is 52.1 Å². The Labute approximate surface area is 212 Å². The predicted molar refractivity (Wildman–Crippen MR) is 34.1 cm³/mol. The van der Waals surface area contributed by atoms with Crippen LogP contribution in [0.15, 0.2) is 0 Å². The van der Waals surface area contributed by atoms with E-state index in [-0.39, 0.29) is 217 Å². The first kappa shape index (κ1) is 207. The molecule has 0 bridgehead atoms. The maximum absolute atomic E-state index is 0. The summed E-state index contributed by atoms with van der Waals surface area (Å²) in [5.74, 6) is 0. The van der Waals surface area contributed by atoms with Crippen LogP contribution in [0.25, 0.3) is 30.8 Å². The number of hydrogen-bond acceptors (Lipinski definition) is 0. The molecule has 0 aromatic heterocycles. The van der Waals surface area contributed by atoms with Crippen LogP contribution in [0.4, 0.5) is 0 Å². The third-order valence-electron chi connectivity index (χ3n) is 0. The molecule has 12 radical (unpaired) electrons. The molecule has 0 aromatic rings. The predicted octanol–water partition coefficient (Wildman–Crippen LogP) is 0.286. The zero-order chi connectivity index (χ0) is 0. The summed E-state index contributed by atoms with van der Waals surface area (Å²) in [6, 6.07) is 0. The molecule has 14 heteroatoms. The van der Waals surface area contributed by atoms with Gasteiger partial charge in [-0.3, -0.25) is 0 Å². The van der Waals surface area contributed by atoms with Crippen LogP contribution in [-0.2, 0) is 134 Å². The topological polar surface area (TPSA) is 152 Å². The first-order chi connectivity index (χ1) is 0. The minimum Gasteiger partial charge on any atom is -3.00 e. The summed E-state index contributed by atoms with van der Waals surface area (Å²) in [7, 11) is 0. The van der Waals surface area contributed by atoms with Gasteiger partial charge in [0.25, 0.3) is 0 Å². The van der Waals surface area contributed by atoms with E-state index in [1.165, 1.54) is 0 Å². The molecule has 5 nitrogen and oxygen atoms in total. The Morgan fingerprint density at radius 2 is 0.286 bits per heavy atom. The molecule has 0 saturated heterocycles. The standard InChI is InChI=1S/3Al.5N.6Ta/q;;;5*-3;;;;3*+5. The number of nitrogens with zero attached hydrogens (tertiary/aromatic N) is 5. The van der Waals surface area contributed by atoms with E-state index < -0.39 is 0 Å². The van der Waals surface area contributed by atoms with E-state index in [4.69, 9.17) is 0 Å². The maximum atomic E-state index is 0. The fourth-order valence-corrected chi connectivity index (χ4v) is 0. The molecule has 14 heavy (non-hydrogen) atoms. The molecule has 0 fully saturated rings. The van der Waals surface area contributed by atoms with Gasteiger partial charge in [-0.25, -0.2) is 0 Å². The zero-order valence-corrected chi connectivity index (χ0v) is 29.4. The van der Waals surface area contributed by atoms with Crippen molar-refractivity contribution in [3.05, 3.63) is 30.8 Å². The van der Waals surface area contributed by atoms with Crippen molar-refractivity contribution in [2.75, 3.05) is 0 Å². The molecule has 0 aromatic carbocycles. The summed E-state index contributed by atoms with van der Waals surface area (Å²) in [4.78, 5) is 0. The summed E-state index contributed by atoms with van der Waals surface area (Å²) >= 11 is 0. The molecule has 0 unspecified atom stereocenters. The summed E-state index contributed by atoms with van der Waals surface area (Å²) in [5.41, 5.74) is 0. The van der Waals surface area contributed by atoms with E-state index in [0.29, 0.717) is 0 Å². The summed E-state index contributed by atoms with van der Waals surface area (Å²) in [6.45, 7) is 0. The van der Waals surface area contributed by atoms with Gasteiger partial charge >= 0.3 is 67.1 Å². The average molecular weight is 1240 g/mol. The van der Waals surface area contributed by atoms with Gasteiger partial charge in [-0.1, -0.05) is 0 Å². The molecular formula is Al3N5Ta6. The second-order valence-corrected chi connectivity index (χ2v) is 0. The quantitative estimate of drug-likeness (QED) is 0.307. The maximum Gasteiger partial charge on any atom is 5.00 e. The SMILES string of the molecule is [Al].[Al].[Al].[N-3].[N-3].[N-3].[N-3].[N-3].[Ta+5].[Ta+5].[Ta+5].[Ta].[Ta].[Ta]. The average Bonchev–Trinajstić information content (AvgIpc) is 0. The zero-order valence-electron chi connectivity index (χ0n) is 6.65. The van der Waals surface area contributed by atoms with E-state index in [1.807, 2.05) is 0 Å². The van der Waals surface area contributed by atoms with Crippen LogP contribution in [0.1, 0.15) is 0 Å². The van der Waals surface area contributed by atoms with E-state index in [2.05, 4.69) is 0 Å². The molecule has 0 spiro atoms. The minimum atomic E-state index is 0. The molecule has 0 rings (SSSR count). The van der Waals surface area contributed by atoms with Crippen molar-refractivity contribution in [2.45, 2.75) is 0 Å². The van der Waals surface area contributed by atoms with Gasteiger partial charge < -0.3 is 30.8 Å². The molecule has 0 atom stereocenters. The Kier molecular flexibility index (Phi) is 2590. The molecular weight excluding hydrogens is 1240 g/mol. The van der Waals surface area contributed by atoms with Crippen molar-refractivity contribution in [3.8, 4) is 0 Å². The van der Waals surface area contributed by atoms with E-state index in [1.54, 1.807) is 0 Å². The Morgan fingerprint density at radius 3 is 0.286 bits per heavy atom. The largest absolute Gasteiger partial charge is 5.00 e. The molecule has 0 heterocycles. The minimum absolute atomic E-state index is 0. The van der Waals surface area contributed by atoms with E-state index >= 15 is 0 Å². The van der Waals surface area contributed by atoms with Gasteiger partial charge in [0.2, 0.25) is 0 Å². The second-order valence-electron chi connectivity index (χ2n) is 0. The van der Waals surface area contributed by atoms with Crippen LogP contribution in [0.5, 0.6) is 0 Å². The molecule has 0 saturated carbocycles. The Bertz CT molecular complexity index is 21.4. The normalized spacial score (nSPS) is 0. The summed E-state index contributed by atoms with van der Waals surface area (Å²) in [5, 5.41) is 0. The molecule has 0 aliphatic heterocycles. The Morgan fingerprint density at radius 1 is 0.286 bits per heavy atom. The van der Waals surface area contributed by atoms with Gasteiger partial charge in [-0.05, 0) is 0 Å². The van der Waals surface area contributed by atoms with Crippen LogP contribution in [0.2, 0.25) is 0 Å². The third kappa shape index (κ3) is 148. The number of hydrogen-bond donors (Lipinski definition) is 0. The van der Waals surface area contributed by atoms with E-state index in [9.17, 15) is 0 Å². The molecule has 0 aliphatic rings. The smallest absolute Gasteiger partial charge is 3.00 e. The van der Waals surface area contributed by atoms with Crippen molar-refractivity contribution < 1.29 is 134 Å². The first-order valence-corrected chi connectivity index (χ1v) is 0. The summed E-state index contributed by atoms with van der Waals surface area (Å²) in [6.07, 6.45) is 0. The van der Waals surface area contributed by atoms with Crippen LogP contribution in [-0.4, -0.2) is 52.1 Å². The van der Waals surface area contributed by atoms with Gasteiger partial charge in [0.05, 0.1) is 0 Å². The summed E-state index contributed by atoms with van der Waals surface area (Å²) < 4.78 is 0. The van der Waals surface area contributed by atoms with Crippen molar-refractivity contribution in [3.63, 3.8) is 0 Å². The Hall–Kier alpha value is 5.84. The monoisotopic (exact) mass is 1240 g/mol. The Balaban J connectivity index is 0. The van der Waals surface area contributed by atoms with E-state index in [0.717, 1.165) is 0 Å². The van der Waals surface area contributed by atoms with Gasteiger partial charge in [0.15, 0.2) is 0 Å². The molecule has 0 N–H and O–H groups in total. The number of rotatable bonds is 0. The fourth-order valence-electron chi connectivity index (χ4n) is 0. The first-order valence-electron chi connectivity index (χ1n) is 0. The van der Waals surface area contributed by atoms with Crippen molar-refractivity contribution in [2.24, 2.45) is 0 Å². The van der Waals surface area contributed by atoms with Crippen molar-refractivity contribution in [1.29, 1.82) is 0 Å². The molecule has 0 amide bonds. The van der Waals surface area contributed by atoms with Gasteiger partial charge in [-0.2, -0.15) is 0 Å². The third-order valence-corrected chi connectivity index (χ3v) is 0. The molecule has 64 valence electrons. The second kappa shape index (κ2) is 176. The van der Waals surface area contributed by atoms with Crippen LogP contribution in [0.3, 0.4) is 0 Å². The van der Waals surface area contributed by atoms with Gasteiger partial charge in [0.1, 0.15) is 0 Å².